The van der Waals surface area contributed by atoms with Gasteiger partial charge in [0.15, 0.2) is 0 Å². The smallest absolute Gasteiger partial charge is 0.251 e. The highest BCUT2D eigenvalue weighted by molar-refractivity contribution is 5.94. The van der Waals surface area contributed by atoms with Gasteiger partial charge in [0.1, 0.15) is 0 Å². The van der Waals surface area contributed by atoms with E-state index >= 15 is 0 Å². The Hall–Kier alpha value is -2.09. The van der Waals surface area contributed by atoms with Crippen LogP contribution in [0.15, 0.2) is 54.6 Å². The molecule has 2 aromatic rings. The highest BCUT2D eigenvalue weighted by Gasteiger charge is 2.09. The quantitative estimate of drug-likeness (QED) is 0.889. The van der Waals surface area contributed by atoms with E-state index in [0.29, 0.717) is 5.56 Å². The van der Waals surface area contributed by atoms with Gasteiger partial charge in [-0.15, -0.1) is 0 Å². The molecule has 0 saturated heterocycles. The van der Waals surface area contributed by atoms with Crippen molar-refractivity contribution in [3.05, 3.63) is 71.3 Å². The van der Waals surface area contributed by atoms with Gasteiger partial charge in [0, 0.05) is 11.6 Å². The molecule has 0 aliphatic heterocycles. The van der Waals surface area contributed by atoms with Crippen molar-refractivity contribution >= 4 is 5.91 Å². The fourth-order valence-electron chi connectivity index (χ4n) is 2.03. The summed E-state index contributed by atoms with van der Waals surface area (Å²) in [6, 6.07) is 17.9. The van der Waals surface area contributed by atoms with Crippen molar-refractivity contribution in [1.29, 1.82) is 0 Å². The number of benzene rings is 2. The van der Waals surface area contributed by atoms with Gasteiger partial charge in [-0.2, -0.15) is 0 Å². The monoisotopic (exact) mass is 253 g/mol. The van der Waals surface area contributed by atoms with Crippen LogP contribution in [0.1, 0.15) is 28.4 Å². The minimum absolute atomic E-state index is 0.0107. The Labute approximate surface area is 114 Å². The number of nitrogens with one attached hydrogen (secondary N) is 1. The summed E-state index contributed by atoms with van der Waals surface area (Å²) in [5.74, 6) is -0.0107. The third kappa shape index (κ3) is 3.95. The van der Waals surface area contributed by atoms with Gasteiger partial charge in [0.2, 0.25) is 0 Å². The third-order valence-corrected chi connectivity index (χ3v) is 3.08. The minimum atomic E-state index is -0.0107. The lowest BCUT2D eigenvalue weighted by Gasteiger charge is -2.14. The molecule has 0 aliphatic rings. The summed E-state index contributed by atoms with van der Waals surface area (Å²) < 4.78 is 0. The summed E-state index contributed by atoms with van der Waals surface area (Å²) in [5, 5.41) is 3.03. The molecular weight excluding hydrogens is 234 g/mol. The van der Waals surface area contributed by atoms with E-state index in [1.165, 1.54) is 5.56 Å². The first-order chi connectivity index (χ1) is 9.15. The molecule has 0 fully saturated rings. The maximum absolute atomic E-state index is 12.0. The van der Waals surface area contributed by atoms with Crippen LogP contribution in [0.5, 0.6) is 0 Å². The molecule has 2 aromatic carbocycles. The van der Waals surface area contributed by atoms with E-state index in [1.807, 2.05) is 56.3 Å². The zero-order chi connectivity index (χ0) is 13.7. The van der Waals surface area contributed by atoms with E-state index in [-0.39, 0.29) is 11.9 Å². The first-order valence-corrected chi connectivity index (χ1v) is 6.56. The second kappa shape index (κ2) is 6.19. The van der Waals surface area contributed by atoms with Gasteiger partial charge in [0.05, 0.1) is 0 Å². The second-order valence-corrected chi connectivity index (χ2v) is 4.93. The van der Waals surface area contributed by atoms with Crippen molar-refractivity contribution in [2.75, 3.05) is 0 Å². The van der Waals surface area contributed by atoms with E-state index in [2.05, 4.69) is 17.4 Å². The third-order valence-electron chi connectivity index (χ3n) is 3.08. The average Bonchev–Trinajstić information content (AvgIpc) is 2.40. The Kier molecular flexibility index (Phi) is 4.35. The largest absolute Gasteiger partial charge is 0.349 e. The normalized spacial score (nSPS) is 11.9. The van der Waals surface area contributed by atoms with E-state index in [0.717, 1.165) is 12.0 Å². The summed E-state index contributed by atoms with van der Waals surface area (Å²) in [4.78, 5) is 12.0. The number of hydrogen-bond acceptors (Lipinski definition) is 1. The van der Waals surface area contributed by atoms with Crippen LogP contribution in [0.3, 0.4) is 0 Å². The van der Waals surface area contributed by atoms with E-state index in [4.69, 9.17) is 0 Å². The van der Waals surface area contributed by atoms with E-state index < -0.39 is 0 Å². The molecule has 1 amide bonds. The van der Waals surface area contributed by atoms with Crippen molar-refractivity contribution in [1.82, 2.24) is 5.32 Å². The molecule has 0 bridgehead atoms. The molecule has 1 unspecified atom stereocenters. The molecule has 0 radical (unpaired) electrons. The summed E-state index contributed by atoms with van der Waals surface area (Å²) in [6.07, 6.45) is 0.846. The second-order valence-electron chi connectivity index (χ2n) is 4.93. The zero-order valence-electron chi connectivity index (χ0n) is 11.4. The molecule has 1 N–H and O–H groups in total. The maximum Gasteiger partial charge on any atom is 0.251 e. The fraction of sp³-hybridized carbons (Fsp3) is 0.235. The van der Waals surface area contributed by atoms with Crippen LogP contribution in [0, 0.1) is 6.92 Å². The molecule has 2 rings (SSSR count). The molecule has 2 nitrogen and oxygen atoms in total. The maximum atomic E-state index is 12.0. The Morgan fingerprint density at radius 2 is 1.68 bits per heavy atom. The molecule has 19 heavy (non-hydrogen) atoms. The van der Waals surface area contributed by atoms with Crippen molar-refractivity contribution in [3.8, 4) is 0 Å². The molecule has 0 spiro atoms. The topological polar surface area (TPSA) is 29.1 Å². The molecule has 1 atom stereocenters. The van der Waals surface area contributed by atoms with Crippen LogP contribution in [0.2, 0.25) is 0 Å². The Morgan fingerprint density at radius 1 is 1.05 bits per heavy atom. The SMILES string of the molecule is Cc1ccc(C(=O)NC(C)Cc2ccccc2)cc1. The molecular formula is C17H19NO. The minimum Gasteiger partial charge on any atom is -0.349 e. The molecule has 0 heterocycles. The molecule has 0 saturated carbocycles. The van der Waals surface area contributed by atoms with Crippen LogP contribution in [0.25, 0.3) is 0 Å². The molecule has 2 heteroatoms. The Balaban J connectivity index is 1.93. The number of amides is 1. The summed E-state index contributed by atoms with van der Waals surface area (Å²) >= 11 is 0. The van der Waals surface area contributed by atoms with Gasteiger partial charge >= 0.3 is 0 Å². The number of carbonyl (C=O) groups excluding carboxylic acids is 1. The van der Waals surface area contributed by atoms with Crippen molar-refractivity contribution in [2.24, 2.45) is 0 Å². The van der Waals surface area contributed by atoms with Gasteiger partial charge in [-0.3, -0.25) is 4.79 Å². The van der Waals surface area contributed by atoms with Crippen molar-refractivity contribution < 1.29 is 4.79 Å². The van der Waals surface area contributed by atoms with Crippen LogP contribution in [0.4, 0.5) is 0 Å². The number of aryl methyl sites for hydroxylation is 1. The Morgan fingerprint density at radius 3 is 2.32 bits per heavy atom. The lowest BCUT2D eigenvalue weighted by Crippen LogP contribution is -2.34. The number of carbonyl (C=O) groups is 1. The van der Waals surface area contributed by atoms with Crippen LogP contribution in [-0.4, -0.2) is 11.9 Å². The summed E-state index contributed by atoms with van der Waals surface area (Å²) in [7, 11) is 0. The zero-order valence-corrected chi connectivity index (χ0v) is 11.4. The highest BCUT2D eigenvalue weighted by Crippen LogP contribution is 2.06. The Bertz CT molecular complexity index is 531. The predicted octanol–water partition coefficient (Wildman–Crippen LogP) is 3.36. The lowest BCUT2D eigenvalue weighted by atomic mass is 10.1. The number of rotatable bonds is 4. The first kappa shape index (κ1) is 13.3. The van der Waals surface area contributed by atoms with Crippen molar-refractivity contribution in [3.63, 3.8) is 0 Å². The summed E-state index contributed by atoms with van der Waals surface area (Å²) in [6.45, 7) is 4.04. The van der Waals surface area contributed by atoms with Gasteiger partial charge in [-0.05, 0) is 38.0 Å². The van der Waals surface area contributed by atoms with Gasteiger partial charge in [-0.25, -0.2) is 0 Å². The predicted molar refractivity (Wildman–Crippen MR) is 78.3 cm³/mol. The standard InChI is InChI=1S/C17H19NO/c1-13-8-10-16(11-9-13)17(19)18-14(2)12-15-6-4-3-5-7-15/h3-11,14H,12H2,1-2H3,(H,18,19). The van der Waals surface area contributed by atoms with E-state index in [9.17, 15) is 4.79 Å². The average molecular weight is 253 g/mol. The van der Waals surface area contributed by atoms with Crippen LogP contribution < -0.4 is 5.32 Å². The van der Waals surface area contributed by atoms with Crippen LogP contribution >= 0.6 is 0 Å². The number of hydrogen-bond donors (Lipinski definition) is 1. The van der Waals surface area contributed by atoms with Crippen LogP contribution in [-0.2, 0) is 6.42 Å². The molecule has 0 aromatic heterocycles. The van der Waals surface area contributed by atoms with Gasteiger partial charge in [-0.1, -0.05) is 48.0 Å². The van der Waals surface area contributed by atoms with Gasteiger partial charge < -0.3 is 5.32 Å². The molecule has 98 valence electrons. The summed E-state index contributed by atoms with van der Waals surface area (Å²) in [5.41, 5.74) is 3.11. The first-order valence-electron chi connectivity index (χ1n) is 6.56. The highest BCUT2D eigenvalue weighted by atomic mass is 16.1. The van der Waals surface area contributed by atoms with Crippen molar-refractivity contribution in [2.45, 2.75) is 26.3 Å². The fourth-order valence-corrected chi connectivity index (χ4v) is 2.03. The lowest BCUT2D eigenvalue weighted by molar-refractivity contribution is 0.0940. The van der Waals surface area contributed by atoms with E-state index in [1.54, 1.807) is 0 Å². The molecule has 0 aliphatic carbocycles. The van der Waals surface area contributed by atoms with Gasteiger partial charge in [0.25, 0.3) is 5.91 Å².